The molecule has 1 unspecified atom stereocenters. The van der Waals surface area contributed by atoms with Gasteiger partial charge in [0, 0.05) is 39.3 Å². The molecule has 1 aromatic heterocycles. The molecule has 1 aromatic rings. The molecule has 1 aliphatic carbocycles. The van der Waals surface area contributed by atoms with Gasteiger partial charge in [-0.1, -0.05) is 13.8 Å². The highest BCUT2D eigenvalue weighted by Crippen LogP contribution is 2.32. The molecule has 3 rings (SSSR count). The molecule has 5 heteroatoms. The maximum atomic E-state index is 12.9. The van der Waals surface area contributed by atoms with Crippen molar-refractivity contribution in [3.63, 3.8) is 0 Å². The first-order chi connectivity index (χ1) is 11.6. The Balaban J connectivity index is 1.68. The van der Waals surface area contributed by atoms with Crippen molar-refractivity contribution >= 4 is 5.91 Å². The Bertz CT molecular complexity index is 551. The van der Waals surface area contributed by atoms with E-state index in [0.717, 1.165) is 32.0 Å². The predicted molar refractivity (Wildman–Crippen MR) is 92.9 cm³/mol. The van der Waals surface area contributed by atoms with Gasteiger partial charge in [-0.15, -0.1) is 0 Å². The molecule has 0 bridgehead atoms. The minimum atomic E-state index is 0.0104. The van der Waals surface area contributed by atoms with Gasteiger partial charge in [0.2, 0.25) is 0 Å². The molecule has 0 aromatic carbocycles. The minimum Gasteiger partial charge on any atom is -0.453 e. The highest BCUT2D eigenvalue weighted by atomic mass is 16.5. The second kappa shape index (κ2) is 7.70. The van der Waals surface area contributed by atoms with Gasteiger partial charge in [0.15, 0.2) is 5.76 Å². The predicted octanol–water partition coefficient (Wildman–Crippen LogP) is 3.01. The highest BCUT2D eigenvalue weighted by molar-refractivity contribution is 5.91. The van der Waals surface area contributed by atoms with Gasteiger partial charge in [-0.2, -0.15) is 0 Å². The molecule has 1 saturated carbocycles. The van der Waals surface area contributed by atoms with E-state index in [9.17, 15) is 4.79 Å². The van der Waals surface area contributed by atoms with Crippen LogP contribution in [0.3, 0.4) is 0 Å². The van der Waals surface area contributed by atoms with Crippen LogP contribution in [0.1, 0.15) is 49.4 Å². The van der Waals surface area contributed by atoms with E-state index in [1.54, 1.807) is 13.2 Å². The smallest absolute Gasteiger partial charge is 0.289 e. The fourth-order valence-corrected chi connectivity index (χ4v) is 3.61. The zero-order chi connectivity index (χ0) is 17.1. The number of carbonyl (C=O) groups is 1. The van der Waals surface area contributed by atoms with Gasteiger partial charge in [-0.25, -0.2) is 0 Å². The summed E-state index contributed by atoms with van der Waals surface area (Å²) in [5.41, 5.74) is 0. The number of hydrogen-bond donors (Lipinski definition) is 0. The molecular formula is C19H30N2O3. The molecule has 2 heterocycles. The molecule has 24 heavy (non-hydrogen) atoms. The largest absolute Gasteiger partial charge is 0.453 e. The Morgan fingerprint density at radius 3 is 2.79 bits per heavy atom. The minimum absolute atomic E-state index is 0.0104. The van der Waals surface area contributed by atoms with Crippen LogP contribution >= 0.6 is 0 Å². The van der Waals surface area contributed by atoms with E-state index in [-0.39, 0.29) is 5.91 Å². The number of ether oxygens (including phenoxy) is 1. The van der Waals surface area contributed by atoms with Crippen molar-refractivity contribution in [1.82, 2.24) is 9.80 Å². The first-order valence-corrected chi connectivity index (χ1v) is 9.19. The van der Waals surface area contributed by atoms with Gasteiger partial charge in [0.1, 0.15) is 12.4 Å². The second-order valence-corrected chi connectivity index (χ2v) is 7.55. The van der Waals surface area contributed by atoms with Crippen molar-refractivity contribution in [2.75, 3.05) is 33.3 Å². The summed E-state index contributed by atoms with van der Waals surface area (Å²) in [6.07, 6.45) is 3.78. The van der Waals surface area contributed by atoms with Gasteiger partial charge in [0.25, 0.3) is 5.91 Å². The van der Waals surface area contributed by atoms with E-state index in [0.29, 0.717) is 30.1 Å². The highest BCUT2D eigenvalue weighted by Gasteiger charge is 2.34. The van der Waals surface area contributed by atoms with E-state index in [1.165, 1.54) is 19.4 Å². The molecule has 1 amide bonds. The lowest BCUT2D eigenvalue weighted by Crippen LogP contribution is -2.46. The van der Waals surface area contributed by atoms with Crippen LogP contribution in [0.2, 0.25) is 0 Å². The molecule has 2 fully saturated rings. The Hall–Kier alpha value is -1.33. The lowest BCUT2D eigenvalue weighted by Gasteiger charge is -2.34. The molecular weight excluding hydrogens is 304 g/mol. The van der Waals surface area contributed by atoms with Crippen LogP contribution in [-0.4, -0.2) is 55.0 Å². The lowest BCUT2D eigenvalue weighted by atomic mass is 10.0. The summed E-state index contributed by atoms with van der Waals surface area (Å²) in [5.74, 6) is 2.57. The van der Waals surface area contributed by atoms with E-state index in [4.69, 9.17) is 9.15 Å². The monoisotopic (exact) mass is 334 g/mol. The Kier molecular flexibility index (Phi) is 5.61. The van der Waals surface area contributed by atoms with E-state index >= 15 is 0 Å². The molecule has 0 N–H and O–H groups in total. The molecule has 2 aliphatic rings. The van der Waals surface area contributed by atoms with E-state index in [1.807, 2.05) is 11.0 Å². The van der Waals surface area contributed by atoms with Crippen molar-refractivity contribution in [3.8, 4) is 0 Å². The molecule has 1 aliphatic heterocycles. The number of amides is 1. The Labute approximate surface area is 144 Å². The molecule has 1 atom stereocenters. The summed E-state index contributed by atoms with van der Waals surface area (Å²) in [4.78, 5) is 17.5. The Morgan fingerprint density at radius 1 is 1.33 bits per heavy atom. The zero-order valence-corrected chi connectivity index (χ0v) is 15.2. The summed E-state index contributed by atoms with van der Waals surface area (Å²) in [7, 11) is 1.63. The fourth-order valence-electron chi connectivity index (χ4n) is 3.61. The molecule has 0 radical (unpaired) electrons. The third-order valence-corrected chi connectivity index (χ3v) is 5.16. The number of rotatable bonds is 6. The van der Waals surface area contributed by atoms with Crippen LogP contribution in [0.5, 0.6) is 0 Å². The SMILES string of the molecule is COCc1ccc(C(=O)N2CCCN(CC3CC3)C(C(C)C)C2)o1. The number of furan rings is 1. The number of methoxy groups -OCH3 is 1. The molecule has 134 valence electrons. The fraction of sp³-hybridized carbons (Fsp3) is 0.737. The standard InChI is InChI=1S/C19H30N2O3/c1-14(2)17-12-21(10-4-9-20(17)11-15-5-6-15)19(22)18-8-7-16(24-18)13-23-3/h7-8,14-15,17H,4-6,9-13H2,1-3H3. The topological polar surface area (TPSA) is 45.9 Å². The Morgan fingerprint density at radius 2 is 2.12 bits per heavy atom. The maximum Gasteiger partial charge on any atom is 0.289 e. The third-order valence-electron chi connectivity index (χ3n) is 5.16. The quantitative estimate of drug-likeness (QED) is 0.802. The number of nitrogens with zero attached hydrogens (tertiary/aromatic N) is 2. The van der Waals surface area contributed by atoms with Crippen molar-refractivity contribution in [3.05, 3.63) is 23.7 Å². The van der Waals surface area contributed by atoms with Crippen molar-refractivity contribution in [2.45, 2.75) is 45.8 Å². The lowest BCUT2D eigenvalue weighted by molar-refractivity contribution is 0.0666. The molecule has 0 spiro atoms. The first-order valence-electron chi connectivity index (χ1n) is 9.19. The zero-order valence-electron chi connectivity index (χ0n) is 15.2. The van der Waals surface area contributed by atoms with Crippen molar-refractivity contribution in [1.29, 1.82) is 0 Å². The van der Waals surface area contributed by atoms with Crippen LogP contribution in [0, 0.1) is 11.8 Å². The second-order valence-electron chi connectivity index (χ2n) is 7.55. The van der Waals surface area contributed by atoms with E-state index < -0.39 is 0 Å². The average Bonchev–Trinajstić information content (AvgIpc) is 3.29. The average molecular weight is 334 g/mol. The molecule has 5 nitrogen and oxygen atoms in total. The van der Waals surface area contributed by atoms with Crippen molar-refractivity contribution in [2.24, 2.45) is 11.8 Å². The summed E-state index contributed by atoms with van der Waals surface area (Å²) < 4.78 is 10.7. The van der Waals surface area contributed by atoms with Crippen LogP contribution in [0.25, 0.3) is 0 Å². The summed E-state index contributed by atoms with van der Waals surface area (Å²) >= 11 is 0. The maximum absolute atomic E-state index is 12.9. The van der Waals surface area contributed by atoms with Crippen LogP contribution < -0.4 is 0 Å². The molecule has 1 saturated heterocycles. The van der Waals surface area contributed by atoms with Gasteiger partial charge < -0.3 is 14.1 Å². The van der Waals surface area contributed by atoms with Crippen molar-refractivity contribution < 1.29 is 13.9 Å². The first kappa shape index (κ1) is 17.5. The normalized spacial score (nSPS) is 22.8. The van der Waals surface area contributed by atoms with Crippen LogP contribution in [-0.2, 0) is 11.3 Å². The number of hydrogen-bond acceptors (Lipinski definition) is 4. The van der Waals surface area contributed by atoms with Gasteiger partial charge in [-0.05, 0) is 43.2 Å². The van der Waals surface area contributed by atoms with Gasteiger partial charge in [-0.3, -0.25) is 9.69 Å². The number of carbonyl (C=O) groups excluding carboxylic acids is 1. The van der Waals surface area contributed by atoms with Gasteiger partial charge in [0.05, 0.1) is 0 Å². The van der Waals surface area contributed by atoms with Gasteiger partial charge >= 0.3 is 0 Å². The van der Waals surface area contributed by atoms with Crippen LogP contribution in [0.4, 0.5) is 0 Å². The summed E-state index contributed by atoms with van der Waals surface area (Å²) in [6.45, 7) is 8.83. The van der Waals surface area contributed by atoms with E-state index in [2.05, 4.69) is 18.7 Å². The third kappa shape index (κ3) is 4.19. The summed E-state index contributed by atoms with van der Waals surface area (Å²) in [6, 6.07) is 4.03. The van der Waals surface area contributed by atoms with Crippen LogP contribution in [0.15, 0.2) is 16.5 Å². The summed E-state index contributed by atoms with van der Waals surface area (Å²) in [5, 5.41) is 0.